The summed E-state index contributed by atoms with van der Waals surface area (Å²) in [7, 11) is -4.71. The Bertz CT molecular complexity index is 1560. The van der Waals surface area contributed by atoms with Crippen molar-refractivity contribution in [2.45, 2.75) is 56.1 Å². The van der Waals surface area contributed by atoms with Gasteiger partial charge in [0.2, 0.25) is 0 Å². The van der Waals surface area contributed by atoms with E-state index >= 15 is 0 Å². The van der Waals surface area contributed by atoms with E-state index in [1.807, 2.05) is 0 Å². The van der Waals surface area contributed by atoms with Crippen molar-refractivity contribution in [1.82, 2.24) is 29.1 Å². The molecular weight excluding hydrogens is 529 g/mol. The van der Waals surface area contributed by atoms with Crippen LogP contribution in [0.3, 0.4) is 0 Å². The first-order chi connectivity index (χ1) is 18.1. The third-order valence-electron chi connectivity index (χ3n) is 6.80. The minimum absolute atomic E-state index is 0.0258. The number of nitrogen functional groups attached to an aromatic ring is 1. The number of anilines is 1. The van der Waals surface area contributed by atoms with Crippen LogP contribution in [0, 0.1) is 0 Å². The quantitative estimate of drug-likeness (QED) is 0.211. The van der Waals surface area contributed by atoms with Crippen LogP contribution in [0.25, 0.3) is 11.2 Å². The summed E-state index contributed by atoms with van der Waals surface area (Å²) in [6.45, 7) is -1.07. The fourth-order valence-electron chi connectivity index (χ4n) is 4.97. The van der Waals surface area contributed by atoms with Crippen molar-refractivity contribution >= 4 is 24.8 Å². The molecule has 0 aliphatic carbocycles. The predicted octanol–water partition coefficient (Wildman–Crippen LogP) is -1.71. The van der Waals surface area contributed by atoms with Crippen LogP contribution < -0.4 is 17.0 Å². The molecule has 3 aliphatic heterocycles. The third kappa shape index (κ3) is 4.36. The van der Waals surface area contributed by atoms with E-state index < -0.39 is 69.2 Å². The molecule has 0 amide bonds. The number of nitrogens with zero attached hydrogens (tertiary/aromatic N) is 5. The lowest BCUT2D eigenvalue weighted by atomic mass is 10.2. The number of hydrogen-bond acceptors (Lipinski definition) is 13. The molecular formula is C20H24N7O10P. The lowest BCUT2D eigenvalue weighted by molar-refractivity contribution is -0.0566. The number of aromatic nitrogens is 6. The molecule has 0 radical (unpaired) electrons. The van der Waals surface area contributed by atoms with Gasteiger partial charge in [-0.15, -0.1) is 0 Å². The van der Waals surface area contributed by atoms with Crippen LogP contribution in [-0.4, -0.2) is 81.8 Å². The molecule has 3 aliphatic rings. The average Bonchev–Trinajstić information content (AvgIpc) is 3.54. The molecule has 3 aromatic heterocycles. The highest BCUT2D eigenvalue weighted by atomic mass is 31.2. The van der Waals surface area contributed by atoms with Gasteiger partial charge in [-0.05, 0) is 0 Å². The molecule has 17 nitrogen and oxygen atoms in total. The highest BCUT2D eigenvalue weighted by molar-refractivity contribution is 7.47. The van der Waals surface area contributed by atoms with E-state index in [0.717, 1.165) is 4.57 Å². The van der Waals surface area contributed by atoms with E-state index in [1.54, 1.807) is 0 Å². The Hall–Kier alpha value is -3.02. The van der Waals surface area contributed by atoms with Crippen LogP contribution in [0.1, 0.15) is 36.7 Å². The lowest BCUT2D eigenvalue weighted by Gasteiger charge is -2.22. The van der Waals surface area contributed by atoms with Gasteiger partial charge in [-0.3, -0.25) is 28.0 Å². The van der Waals surface area contributed by atoms with E-state index in [2.05, 4.69) is 19.9 Å². The molecule has 6 heterocycles. The van der Waals surface area contributed by atoms with Gasteiger partial charge in [-0.1, -0.05) is 0 Å². The molecule has 38 heavy (non-hydrogen) atoms. The molecule has 1 unspecified atom stereocenters. The van der Waals surface area contributed by atoms with Crippen LogP contribution >= 0.6 is 7.82 Å². The van der Waals surface area contributed by atoms with E-state index in [0.29, 0.717) is 0 Å². The van der Waals surface area contributed by atoms with Crippen LogP contribution in [0.4, 0.5) is 5.82 Å². The second kappa shape index (κ2) is 9.32. The first-order valence-electron chi connectivity index (χ1n) is 11.7. The predicted molar refractivity (Wildman–Crippen MR) is 125 cm³/mol. The van der Waals surface area contributed by atoms with Crippen molar-refractivity contribution in [2.75, 3.05) is 18.9 Å². The zero-order valence-corrected chi connectivity index (χ0v) is 20.5. The SMILES string of the molecule is Nc1ncnc2c1nc1n2[C@H]2C[C@H](OP(=O)(O)OC[C@H]3O[C@H](C[C@@H]3O)n3cc(c(=O)[nH]c3=O)C1)[C@@H](CO)O2. The van der Waals surface area contributed by atoms with Crippen molar-refractivity contribution in [3.8, 4) is 0 Å². The highest BCUT2D eigenvalue weighted by Crippen LogP contribution is 2.49. The molecule has 6 N–H and O–H groups in total. The summed E-state index contributed by atoms with van der Waals surface area (Å²) in [6.07, 6.45) is -3.86. The standard InChI is InChI=1S/C20H24N7O10P/c21-17-16-18(23-7-22-17)27-13(24-16)1-8-4-26(20(31)25-19(8)30)14-2-9(29)12(36-14)6-34-38(32,33)37-10-3-15(27)35-11(10)5-28/h4,7,9-12,14-15,28-29H,1-3,5-6H2,(H,32,33)(H2,21,22,23)(H,25,30,31)/t9-,10-,11+,12+,14+,15+/m0/s1. The Morgan fingerprint density at radius 3 is 2.79 bits per heavy atom. The summed E-state index contributed by atoms with van der Waals surface area (Å²) in [4.78, 5) is 50.7. The lowest BCUT2D eigenvalue weighted by Crippen LogP contribution is -2.34. The average molecular weight is 553 g/mol. The van der Waals surface area contributed by atoms with Crippen molar-refractivity contribution < 1.29 is 38.2 Å². The van der Waals surface area contributed by atoms with Crippen LogP contribution in [0.2, 0.25) is 0 Å². The summed E-state index contributed by atoms with van der Waals surface area (Å²) in [5, 5.41) is 20.3. The molecule has 2 fully saturated rings. The Balaban J connectivity index is 1.52. The van der Waals surface area contributed by atoms with Gasteiger partial charge in [0.25, 0.3) is 5.56 Å². The molecule has 18 heteroatoms. The minimum atomic E-state index is -4.71. The Morgan fingerprint density at radius 2 is 2.00 bits per heavy atom. The monoisotopic (exact) mass is 553 g/mol. The van der Waals surface area contributed by atoms with Crippen LogP contribution in [0.5, 0.6) is 0 Å². The van der Waals surface area contributed by atoms with E-state index in [4.69, 9.17) is 24.3 Å². The first kappa shape index (κ1) is 25.3. The zero-order chi connectivity index (χ0) is 26.8. The summed E-state index contributed by atoms with van der Waals surface area (Å²) >= 11 is 0. The number of ether oxygens (including phenoxy) is 2. The van der Waals surface area contributed by atoms with Gasteiger partial charge >= 0.3 is 13.5 Å². The van der Waals surface area contributed by atoms with Gasteiger partial charge in [-0.2, -0.15) is 0 Å². The molecule has 7 atom stereocenters. The summed E-state index contributed by atoms with van der Waals surface area (Å²) in [6, 6.07) is 0. The van der Waals surface area contributed by atoms with E-state index in [-0.39, 0.29) is 47.6 Å². The third-order valence-corrected chi connectivity index (χ3v) is 7.81. The number of phosphoric acid groups is 1. The molecule has 0 aromatic carbocycles. The number of nitrogens with two attached hydrogens (primary N) is 1. The number of imidazole rings is 1. The smallest absolute Gasteiger partial charge is 0.394 e. The molecule has 0 spiro atoms. The summed E-state index contributed by atoms with van der Waals surface area (Å²) in [5.41, 5.74) is 5.20. The molecule has 6 bridgehead atoms. The van der Waals surface area contributed by atoms with E-state index in [1.165, 1.54) is 17.1 Å². The number of rotatable bonds is 1. The number of hydrogen-bond donors (Lipinski definition) is 5. The van der Waals surface area contributed by atoms with Gasteiger partial charge < -0.3 is 30.3 Å². The number of aromatic amines is 1. The first-order valence-corrected chi connectivity index (χ1v) is 13.2. The van der Waals surface area contributed by atoms with Gasteiger partial charge in [0.1, 0.15) is 42.9 Å². The normalized spacial score (nSPS) is 33.4. The Morgan fingerprint density at radius 1 is 1.18 bits per heavy atom. The maximum Gasteiger partial charge on any atom is 0.472 e. The maximum atomic E-state index is 12.8. The highest BCUT2D eigenvalue weighted by Gasteiger charge is 2.44. The number of fused-ring (bicyclic) bond motifs is 11. The fraction of sp³-hybridized carbons (Fsp3) is 0.550. The largest absolute Gasteiger partial charge is 0.472 e. The maximum absolute atomic E-state index is 12.8. The van der Waals surface area contributed by atoms with Gasteiger partial charge in [0.15, 0.2) is 17.0 Å². The summed E-state index contributed by atoms with van der Waals surface area (Å²) < 4.78 is 37.5. The van der Waals surface area contributed by atoms with Crippen LogP contribution in [-0.2, 0) is 29.5 Å². The number of aliphatic hydroxyl groups excluding tert-OH is 2. The molecule has 2 saturated heterocycles. The Kier molecular flexibility index (Phi) is 6.20. The second-order valence-corrected chi connectivity index (χ2v) is 10.6. The fourth-order valence-corrected chi connectivity index (χ4v) is 5.93. The van der Waals surface area contributed by atoms with Crippen molar-refractivity contribution in [2.24, 2.45) is 0 Å². The van der Waals surface area contributed by atoms with Crippen molar-refractivity contribution in [1.29, 1.82) is 0 Å². The van der Waals surface area contributed by atoms with Gasteiger partial charge in [0, 0.05) is 31.0 Å². The molecule has 3 aromatic rings. The number of aliphatic hydroxyl groups is 2. The van der Waals surface area contributed by atoms with Gasteiger partial charge in [0.05, 0.1) is 19.3 Å². The topological polar surface area (TPSA) is 239 Å². The molecule has 204 valence electrons. The second-order valence-electron chi connectivity index (χ2n) is 9.21. The van der Waals surface area contributed by atoms with Crippen molar-refractivity contribution in [3.05, 3.63) is 44.8 Å². The number of nitrogens with one attached hydrogen (secondary N) is 1. The molecule has 0 saturated carbocycles. The zero-order valence-electron chi connectivity index (χ0n) is 19.6. The van der Waals surface area contributed by atoms with E-state index in [9.17, 15) is 29.3 Å². The minimum Gasteiger partial charge on any atom is -0.394 e. The molecule has 6 rings (SSSR count). The number of H-pyrrole nitrogens is 1. The Labute approximate surface area is 212 Å². The van der Waals surface area contributed by atoms with Crippen molar-refractivity contribution in [3.63, 3.8) is 0 Å². The number of phosphoric ester groups is 1. The summed E-state index contributed by atoms with van der Waals surface area (Å²) in [5.74, 6) is 0.322. The van der Waals surface area contributed by atoms with Gasteiger partial charge in [-0.25, -0.2) is 24.3 Å². The van der Waals surface area contributed by atoms with Crippen LogP contribution in [0.15, 0.2) is 22.1 Å².